The largest absolute Gasteiger partial charge is 0.356 e. The molecule has 1 saturated carbocycles. The van der Waals surface area contributed by atoms with Crippen molar-refractivity contribution in [2.75, 3.05) is 11.9 Å². The minimum absolute atomic E-state index is 0.0406. The zero-order chi connectivity index (χ0) is 23.5. The molecule has 178 valence electrons. The summed E-state index contributed by atoms with van der Waals surface area (Å²) in [5.74, 6) is -0.708. The molecule has 1 aromatic carbocycles. The number of nitrogens with zero attached hydrogens (tertiary/aromatic N) is 3. The highest BCUT2D eigenvalue weighted by atomic mass is 16.5. The third-order valence-corrected chi connectivity index (χ3v) is 6.96. The van der Waals surface area contributed by atoms with Gasteiger partial charge in [-0.1, -0.05) is 37.1 Å². The van der Waals surface area contributed by atoms with E-state index < -0.39 is 0 Å². The predicted molar refractivity (Wildman–Crippen MR) is 128 cm³/mol. The highest BCUT2D eigenvalue weighted by molar-refractivity contribution is 6.03. The van der Waals surface area contributed by atoms with E-state index in [1.54, 1.807) is 12.4 Å². The van der Waals surface area contributed by atoms with E-state index in [0.29, 0.717) is 11.3 Å². The number of aryl methyl sites for hydroxylation is 1. The van der Waals surface area contributed by atoms with E-state index in [1.165, 1.54) is 0 Å². The molecule has 2 aromatic heterocycles. The van der Waals surface area contributed by atoms with Gasteiger partial charge in [0.1, 0.15) is 0 Å². The Kier molecular flexibility index (Phi) is 6.58. The van der Waals surface area contributed by atoms with Crippen LogP contribution in [-0.4, -0.2) is 38.3 Å². The lowest BCUT2D eigenvalue weighted by atomic mass is 9.75. The quantitative estimate of drug-likeness (QED) is 0.508. The Balaban J connectivity index is 1.34. The third kappa shape index (κ3) is 4.68. The van der Waals surface area contributed by atoms with Crippen LogP contribution in [0.25, 0.3) is 11.3 Å². The zero-order valence-electron chi connectivity index (χ0n) is 19.5. The molecule has 2 N–H and O–H groups in total. The summed E-state index contributed by atoms with van der Waals surface area (Å²) in [6.07, 6.45) is 9.71. The van der Waals surface area contributed by atoms with Gasteiger partial charge in [0.2, 0.25) is 5.91 Å². The molecule has 0 radical (unpaired) electrons. The smallest absolute Gasteiger partial charge is 0.228 e. The number of rotatable bonds is 6. The molecule has 3 heterocycles. The van der Waals surface area contributed by atoms with Gasteiger partial charge in [0, 0.05) is 30.2 Å². The first-order valence-electron chi connectivity index (χ1n) is 12.2. The lowest BCUT2D eigenvalue weighted by Crippen LogP contribution is -2.36. The topological polar surface area (TPSA) is 102 Å². The highest BCUT2D eigenvalue weighted by Crippen LogP contribution is 2.34. The molecule has 34 heavy (non-hydrogen) atoms. The fourth-order valence-corrected chi connectivity index (χ4v) is 5.20. The Morgan fingerprint density at radius 3 is 2.53 bits per heavy atom. The van der Waals surface area contributed by atoms with Crippen molar-refractivity contribution in [3.05, 3.63) is 54.0 Å². The molecule has 0 bridgehead atoms. The van der Waals surface area contributed by atoms with Crippen LogP contribution in [0, 0.1) is 18.8 Å². The van der Waals surface area contributed by atoms with Crippen molar-refractivity contribution in [1.82, 2.24) is 20.0 Å². The van der Waals surface area contributed by atoms with Crippen LogP contribution >= 0.6 is 0 Å². The number of ketones is 1. The monoisotopic (exact) mass is 461 g/mol. The van der Waals surface area contributed by atoms with Crippen LogP contribution in [0.3, 0.4) is 0 Å². The predicted octanol–water partition coefficient (Wildman–Crippen LogP) is 4.91. The van der Waals surface area contributed by atoms with Gasteiger partial charge < -0.3 is 10.1 Å². The van der Waals surface area contributed by atoms with Gasteiger partial charge in [-0.3, -0.25) is 14.7 Å². The number of H-pyrrole nitrogens is 1. The molecule has 8 heteroatoms. The number of aromatic nitrogens is 4. The average Bonchev–Trinajstić information content (AvgIpc) is 3.54. The summed E-state index contributed by atoms with van der Waals surface area (Å²) in [4.78, 5) is 26.4. The van der Waals surface area contributed by atoms with Gasteiger partial charge in [0.05, 0.1) is 23.3 Å². The van der Waals surface area contributed by atoms with E-state index in [4.69, 9.17) is 4.74 Å². The van der Waals surface area contributed by atoms with Crippen molar-refractivity contribution in [3.8, 4) is 11.3 Å². The average molecular weight is 462 g/mol. The molecule has 1 saturated heterocycles. The van der Waals surface area contributed by atoms with Crippen molar-refractivity contribution in [2.45, 2.75) is 58.1 Å². The Hall–Kier alpha value is -3.26. The summed E-state index contributed by atoms with van der Waals surface area (Å²) in [5, 5.41) is 14.1. The van der Waals surface area contributed by atoms with Crippen molar-refractivity contribution >= 4 is 17.4 Å². The van der Waals surface area contributed by atoms with Gasteiger partial charge in [0.25, 0.3) is 0 Å². The molecule has 8 nitrogen and oxygen atoms in total. The van der Waals surface area contributed by atoms with Crippen LogP contribution in [0.1, 0.15) is 67.2 Å². The van der Waals surface area contributed by atoms with E-state index in [0.717, 1.165) is 68.5 Å². The molecule has 3 aromatic rings. The second kappa shape index (κ2) is 9.93. The van der Waals surface area contributed by atoms with Gasteiger partial charge in [-0.25, -0.2) is 4.68 Å². The molecule has 2 aliphatic rings. The van der Waals surface area contributed by atoms with Crippen molar-refractivity contribution in [1.29, 1.82) is 0 Å². The van der Waals surface area contributed by atoms with Gasteiger partial charge in [-0.2, -0.15) is 10.2 Å². The lowest BCUT2D eigenvalue weighted by molar-refractivity contribution is -0.121. The minimum Gasteiger partial charge on any atom is -0.356 e. The Morgan fingerprint density at radius 1 is 1.06 bits per heavy atom. The van der Waals surface area contributed by atoms with Crippen molar-refractivity contribution < 1.29 is 14.3 Å². The number of nitrogens with one attached hydrogen (secondary N) is 2. The van der Waals surface area contributed by atoms with E-state index in [1.807, 2.05) is 35.9 Å². The second-order valence-corrected chi connectivity index (χ2v) is 9.35. The maximum Gasteiger partial charge on any atom is 0.228 e. The fourth-order valence-electron chi connectivity index (χ4n) is 5.20. The summed E-state index contributed by atoms with van der Waals surface area (Å²) in [6, 6.07) is 9.78. The summed E-state index contributed by atoms with van der Waals surface area (Å²) in [7, 11) is 0. The first-order chi connectivity index (χ1) is 16.6. The minimum atomic E-state index is -0.330. The summed E-state index contributed by atoms with van der Waals surface area (Å²) in [6.45, 7) is 2.74. The molecule has 1 amide bonds. The van der Waals surface area contributed by atoms with Crippen LogP contribution < -0.4 is 5.32 Å². The molecular weight excluding hydrogens is 430 g/mol. The first kappa shape index (κ1) is 22.5. The van der Waals surface area contributed by atoms with E-state index in [-0.39, 0.29) is 29.8 Å². The molecule has 1 unspecified atom stereocenters. The standard InChI is InChI=1S/C26H31N5O3/c1-17-14-23(31(30-17)24-8-4-5-13-34-24)18-9-11-19(12-10-18)25(32)21-6-2-3-7-22(21)26(33)29-20-15-27-28-16-20/h9-12,14-16,21-22,24H,2-8,13H2,1H3,(H,27,28)(H,29,33)/t21-,22-,24?/m1/s1. The van der Waals surface area contributed by atoms with E-state index in [2.05, 4.69) is 26.7 Å². The van der Waals surface area contributed by atoms with Crippen LogP contribution in [0.15, 0.2) is 42.7 Å². The lowest BCUT2D eigenvalue weighted by Gasteiger charge is -2.29. The molecular formula is C26H31N5O3. The Morgan fingerprint density at radius 2 is 1.82 bits per heavy atom. The second-order valence-electron chi connectivity index (χ2n) is 9.35. The molecule has 0 spiro atoms. The molecule has 1 aliphatic heterocycles. The van der Waals surface area contributed by atoms with Crippen molar-refractivity contribution in [3.63, 3.8) is 0 Å². The number of ether oxygens (including phenoxy) is 1. The number of benzene rings is 1. The summed E-state index contributed by atoms with van der Waals surface area (Å²) in [5.41, 5.74) is 4.22. The van der Waals surface area contributed by atoms with Gasteiger partial charge >= 0.3 is 0 Å². The van der Waals surface area contributed by atoms with Gasteiger partial charge in [0.15, 0.2) is 12.0 Å². The number of carbonyl (C=O) groups is 2. The molecule has 5 rings (SSSR count). The number of amides is 1. The SMILES string of the molecule is Cc1cc(-c2ccc(C(=O)[C@@H]3CCCC[C@H]3C(=O)Nc3cn[nH]c3)cc2)n(C2CCCCO2)n1. The van der Waals surface area contributed by atoms with Crippen LogP contribution in [-0.2, 0) is 9.53 Å². The normalized spacial score (nSPS) is 22.9. The number of aromatic amines is 1. The fraction of sp³-hybridized carbons (Fsp3) is 0.462. The molecule has 2 fully saturated rings. The number of anilines is 1. The van der Waals surface area contributed by atoms with Gasteiger partial charge in [-0.15, -0.1) is 0 Å². The number of carbonyl (C=O) groups excluding carboxylic acids is 2. The Bertz CT molecular complexity index is 1130. The Labute approximate surface area is 199 Å². The number of Topliss-reactive ketones (excluding diaryl/α,β-unsaturated/α-hetero) is 1. The van der Waals surface area contributed by atoms with E-state index >= 15 is 0 Å². The van der Waals surface area contributed by atoms with Crippen molar-refractivity contribution in [2.24, 2.45) is 11.8 Å². The summed E-state index contributed by atoms with van der Waals surface area (Å²) >= 11 is 0. The highest BCUT2D eigenvalue weighted by Gasteiger charge is 2.36. The van der Waals surface area contributed by atoms with Crippen LogP contribution in [0.5, 0.6) is 0 Å². The number of hydrogen-bond donors (Lipinski definition) is 2. The molecule has 3 atom stereocenters. The van der Waals surface area contributed by atoms with E-state index in [9.17, 15) is 9.59 Å². The maximum absolute atomic E-state index is 13.4. The van der Waals surface area contributed by atoms with Crippen LogP contribution in [0.4, 0.5) is 5.69 Å². The molecule has 1 aliphatic carbocycles. The zero-order valence-corrected chi connectivity index (χ0v) is 19.5. The van der Waals surface area contributed by atoms with Gasteiger partial charge in [-0.05, 0) is 50.7 Å². The first-order valence-corrected chi connectivity index (χ1v) is 12.2. The third-order valence-electron chi connectivity index (χ3n) is 6.96. The van der Waals surface area contributed by atoms with Crippen LogP contribution in [0.2, 0.25) is 0 Å². The number of hydrogen-bond acceptors (Lipinski definition) is 5. The maximum atomic E-state index is 13.4. The summed E-state index contributed by atoms with van der Waals surface area (Å²) < 4.78 is 7.93.